The molecule has 1 aromatic carbocycles. The zero-order valence-corrected chi connectivity index (χ0v) is 15.6. The molecule has 0 aromatic heterocycles. The molecule has 0 radical (unpaired) electrons. The number of hydrogen-bond donors (Lipinski definition) is 3. The number of allylic oxidation sites excluding steroid dienone is 2. The van der Waals surface area contributed by atoms with E-state index in [9.17, 15) is 14.7 Å². The van der Waals surface area contributed by atoms with Crippen LogP contribution in [0.25, 0.3) is 0 Å². The number of nitrogens with zero attached hydrogens (tertiary/aromatic N) is 1. The van der Waals surface area contributed by atoms with Crippen LogP contribution in [-0.2, 0) is 9.59 Å². The highest BCUT2D eigenvalue weighted by molar-refractivity contribution is 5.94. The molecule has 0 spiro atoms. The average molecular weight is 369 g/mol. The topological polar surface area (TPSA) is 81.7 Å². The first-order chi connectivity index (χ1) is 13.0. The number of piperidine rings is 1. The average Bonchev–Trinajstić information content (AvgIpc) is 2.68. The molecule has 6 heteroatoms. The minimum absolute atomic E-state index is 0.00688. The van der Waals surface area contributed by atoms with Gasteiger partial charge in [0.25, 0.3) is 5.91 Å². The van der Waals surface area contributed by atoms with E-state index in [4.69, 9.17) is 0 Å². The molecule has 1 amide bonds. The van der Waals surface area contributed by atoms with E-state index in [0.29, 0.717) is 5.70 Å². The number of dihydropyridines is 1. The van der Waals surface area contributed by atoms with Gasteiger partial charge in [0.05, 0.1) is 18.6 Å². The SMILES string of the molecule is Cc1ccccc1[C@H](CC(=O)O)NC(=O)C1=CC=CC(N2CCCCC2)N1. The molecule has 2 heterocycles. The number of carboxylic acid groups (broad SMARTS) is 1. The number of carbonyl (C=O) groups is 2. The van der Waals surface area contributed by atoms with E-state index in [0.717, 1.165) is 24.2 Å². The van der Waals surface area contributed by atoms with E-state index >= 15 is 0 Å². The summed E-state index contributed by atoms with van der Waals surface area (Å²) in [6.07, 6.45) is 9.14. The van der Waals surface area contributed by atoms with Crippen LogP contribution in [0.2, 0.25) is 0 Å². The van der Waals surface area contributed by atoms with Gasteiger partial charge in [-0.3, -0.25) is 14.5 Å². The van der Waals surface area contributed by atoms with E-state index in [-0.39, 0.29) is 18.5 Å². The van der Waals surface area contributed by atoms with Gasteiger partial charge >= 0.3 is 5.97 Å². The molecule has 2 aliphatic rings. The number of rotatable bonds is 6. The van der Waals surface area contributed by atoms with Crippen molar-refractivity contribution in [3.8, 4) is 0 Å². The monoisotopic (exact) mass is 369 g/mol. The second-order valence-electron chi connectivity index (χ2n) is 7.13. The van der Waals surface area contributed by atoms with Gasteiger partial charge in [0.15, 0.2) is 0 Å². The Hall–Kier alpha value is -2.60. The summed E-state index contributed by atoms with van der Waals surface area (Å²) in [4.78, 5) is 26.5. The molecule has 0 bridgehead atoms. The Bertz CT molecular complexity index is 751. The van der Waals surface area contributed by atoms with Crippen LogP contribution >= 0.6 is 0 Å². The molecule has 2 atom stereocenters. The van der Waals surface area contributed by atoms with Crippen molar-refractivity contribution in [1.82, 2.24) is 15.5 Å². The Kier molecular flexibility index (Phi) is 6.29. The smallest absolute Gasteiger partial charge is 0.305 e. The van der Waals surface area contributed by atoms with Crippen LogP contribution in [0, 0.1) is 6.92 Å². The molecular weight excluding hydrogens is 342 g/mol. The maximum absolute atomic E-state index is 12.8. The largest absolute Gasteiger partial charge is 0.481 e. The lowest BCUT2D eigenvalue weighted by molar-refractivity contribution is -0.137. The number of aliphatic carboxylic acids is 1. The second kappa shape index (κ2) is 8.86. The number of hydrogen-bond acceptors (Lipinski definition) is 4. The van der Waals surface area contributed by atoms with E-state index < -0.39 is 12.0 Å². The fourth-order valence-electron chi connectivity index (χ4n) is 3.69. The maximum Gasteiger partial charge on any atom is 0.305 e. The van der Waals surface area contributed by atoms with Gasteiger partial charge in [-0.05, 0) is 43.0 Å². The Balaban J connectivity index is 1.70. The van der Waals surface area contributed by atoms with Crippen LogP contribution < -0.4 is 10.6 Å². The van der Waals surface area contributed by atoms with Gasteiger partial charge in [0, 0.05) is 13.1 Å². The van der Waals surface area contributed by atoms with Crippen molar-refractivity contribution < 1.29 is 14.7 Å². The quantitative estimate of drug-likeness (QED) is 0.718. The van der Waals surface area contributed by atoms with Crippen molar-refractivity contribution in [2.45, 2.75) is 44.8 Å². The lowest BCUT2D eigenvalue weighted by Crippen LogP contribution is -2.49. The zero-order chi connectivity index (χ0) is 19.2. The molecule has 1 fully saturated rings. The number of likely N-dealkylation sites (tertiary alicyclic amines) is 1. The summed E-state index contributed by atoms with van der Waals surface area (Å²) in [5.74, 6) is -1.23. The Morgan fingerprint density at radius 2 is 2.00 bits per heavy atom. The van der Waals surface area contributed by atoms with Gasteiger partial charge < -0.3 is 15.7 Å². The minimum Gasteiger partial charge on any atom is -0.481 e. The van der Waals surface area contributed by atoms with Gasteiger partial charge in [-0.25, -0.2) is 0 Å². The van der Waals surface area contributed by atoms with Gasteiger partial charge in [0.1, 0.15) is 5.70 Å². The van der Waals surface area contributed by atoms with Gasteiger partial charge in [0.2, 0.25) is 0 Å². The molecule has 3 rings (SSSR count). The van der Waals surface area contributed by atoms with E-state index in [2.05, 4.69) is 21.6 Å². The molecule has 144 valence electrons. The first-order valence-corrected chi connectivity index (χ1v) is 9.52. The molecule has 2 aliphatic heterocycles. The van der Waals surface area contributed by atoms with E-state index in [1.807, 2.05) is 37.3 Å². The first-order valence-electron chi connectivity index (χ1n) is 9.52. The molecule has 1 aromatic rings. The van der Waals surface area contributed by atoms with Crippen LogP contribution in [-0.4, -0.2) is 41.1 Å². The first kappa shape index (κ1) is 19.2. The van der Waals surface area contributed by atoms with Gasteiger partial charge in [-0.2, -0.15) is 0 Å². The number of aryl methyl sites for hydroxylation is 1. The maximum atomic E-state index is 12.8. The lowest BCUT2D eigenvalue weighted by Gasteiger charge is -2.35. The number of amides is 1. The van der Waals surface area contributed by atoms with Crippen molar-refractivity contribution in [1.29, 1.82) is 0 Å². The zero-order valence-electron chi connectivity index (χ0n) is 15.6. The number of carbonyl (C=O) groups excluding carboxylic acids is 1. The van der Waals surface area contributed by atoms with Crippen molar-refractivity contribution in [3.05, 3.63) is 59.3 Å². The summed E-state index contributed by atoms with van der Waals surface area (Å²) in [7, 11) is 0. The van der Waals surface area contributed by atoms with Crippen molar-refractivity contribution >= 4 is 11.9 Å². The fourth-order valence-corrected chi connectivity index (χ4v) is 3.69. The third-order valence-corrected chi connectivity index (χ3v) is 5.14. The Morgan fingerprint density at radius 1 is 1.26 bits per heavy atom. The number of benzene rings is 1. The molecule has 27 heavy (non-hydrogen) atoms. The van der Waals surface area contributed by atoms with Crippen LogP contribution in [0.3, 0.4) is 0 Å². The predicted molar refractivity (Wildman–Crippen MR) is 104 cm³/mol. The molecule has 0 aliphatic carbocycles. The Morgan fingerprint density at radius 3 is 2.70 bits per heavy atom. The molecule has 6 nitrogen and oxygen atoms in total. The minimum atomic E-state index is -0.944. The summed E-state index contributed by atoms with van der Waals surface area (Å²) >= 11 is 0. The summed E-state index contributed by atoms with van der Waals surface area (Å²) in [6.45, 7) is 3.95. The molecule has 3 N–H and O–H groups in total. The molecule has 0 saturated carbocycles. The highest BCUT2D eigenvalue weighted by Crippen LogP contribution is 2.22. The van der Waals surface area contributed by atoms with Crippen molar-refractivity contribution in [2.24, 2.45) is 0 Å². The number of carboxylic acids is 1. The van der Waals surface area contributed by atoms with Crippen LogP contribution in [0.4, 0.5) is 0 Å². The normalized spacial score (nSPS) is 21.1. The van der Waals surface area contributed by atoms with Crippen molar-refractivity contribution in [2.75, 3.05) is 13.1 Å². The summed E-state index contributed by atoms with van der Waals surface area (Å²) in [6, 6.07) is 6.97. The van der Waals surface area contributed by atoms with E-state index in [1.165, 1.54) is 19.3 Å². The summed E-state index contributed by atoms with van der Waals surface area (Å²) in [5.41, 5.74) is 2.26. The standard InChI is InChI=1S/C21H27N3O3/c1-15-8-3-4-9-16(15)18(14-20(25)26)23-21(27)17-10-7-11-19(22-17)24-12-5-2-6-13-24/h3-4,7-11,18-19,22H,2,5-6,12-14H2,1H3,(H,23,27)(H,25,26)/t18-,19?/m0/s1. The van der Waals surface area contributed by atoms with Crippen LogP contribution in [0.5, 0.6) is 0 Å². The van der Waals surface area contributed by atoms with E-state index in [1.54, 1.807) is 6.08 Å². The third-order valence-electron chi connectivity index (χ3n) is 5.14. The highest BCUT2D eigenvalue weighted by atomic mass is 16.4. The summed E-state index contributed by atoms with van der Waals surface area (Å²) < 4.78 is 0. The lowest BCUT2D eigenvalue weighted by atomic mass is 9.98. The van der Waals surface area contributed by atoms with Crippen LogP contribution in [0.15, 0.2) is 48.2 Å². The molecule has 1 unspecified atom stereocenters. The van der Waals surface area contributed by atoms with Crippen molar-refractivity contribution in [3.63, 3.8) is 0 Å². The van der Waals surface area contributed by atoms with Gasteiger partial charge in [-0.15, -0.1) is 0 Å². The summed E-state index contributed by atoms with van der Waals surface area (Å²) in [5, 5.41) is 15.5. The third kappa shape index (κ3) is 4.98. The fraction of sp³-hybridized carbons (Fsp3) is 0.429. The Labute approximate surface area is 159 Å². The molecule has 1 saturated heterocycles. The predicted octanol–water partition coefficient (Wildman–Crippen LogP) is 2.48. The van der Waals surface area contributed by atoms with Crippen LogP contribution in [0.1, 0.15) is 42.9 Å². The highest BCUT2D eigenvalue weighted by Gasteiger charge is 2.25. The molecular formula is C21H27N3O3. The van der Waals surface area contributed by atoms with Gasteiger partial charge in [-0.1, -0.05) is 36.8 Å². The number of nitrogens with one attached hydrogen (secondary N) is 2. The second-order valence-corrected chi connectivity index (χ2v) is 7.13.